The van der Waals surface area contributed by atoms with Crippen LogP contribution in [0.15, 0.2) is 12.2 Å². The molecule has 0 amide bonds. The molecule has 0 aromatic carbocycles. The first-order valence-corrected chi connectivity index (χ1v) is 21.7. The molecule has 0 radical (unpaired) electrons. The van der Waals surface area contributed by atoms with Gasteiger partial charge < -0.3 is 23.8 Å². The number of carboxylic acid groups (broad SMARTS) is 1. The minimum Gasteiger partial charge on any atom is -0.477 e. The number of carboxylic acids is 1. The number of quaternary nitrogens is 1. The molecule has 0 bridgehead atoms. The number of hydrogen-bond donors (Lipinski definition) is 1. The predicted molar refractivity (Wildman–Crippen MR) is 215 cm³/mol. The molecule has 1 N–H and O–H groups in total. The third-order valence-electron chi connectivity index (χ3n) is 9.91. The number of carbonyl (C=O) groups is 3. The zero-order valence-electron chi connectivity index (χ0n) is 34.8. The van der Waals surface area contributed by atoms with E-state index in [-0.39, 0.29) is 36.2 Å². The molecule has 0 aliphatic heterocycles. The van der Waals surface area contributed by atoms with Crippen molar-refractivity contribution in [3.63, 3.8) is 0 Å². The predicted octanol–water partition coefficient (Wildman–Crippen LogP) is 11.5. The van der Waals surface area contributed by atoms with Crippen LogP contribution in [0.5, 0.6) is 0 Å². The van der Waals surface area contributed by atoms with Crippen molar-refractivity contribution in [2.75, 3.05) is 41.0 Å². The van der Waals surface area contributed by atoms with E-state index in [1.54, 1.807) is 0 Å². The van der Waals surface area contributed by atoms with Crippen LogP contribution in [0.25, 0.3) is 0 Å². The molecule has 52 heavy (non-hydrogen) atoms. The van der Waals surface area contributed by atoms with Crippen molar-refractivity contribution in [3.8, 4) is 0 Å². The molecule has 8 nitrogen and oxygen atoms in total. The lowest BCUT2D eigenvalue weighted by Crippen LogP contribution is -2.50. The minimum atomic E-state index is -0.875. The molecule has 0 saturated heterocycles. The molecular weight excluding hydrogens is 654 g/mol. The molecule has 0 spiro atoms. The number of allylic oxidation sites excluding steroid dienone is 2. The van der Waals surface area contributed by atoms with Crippen LogP contribution >= 0.6 is 0 Å². The monoisotopic (exact) mass is 739 g/mol. The molecule has 0 aromatic heterocycles. The Labute approximate surface area is 320 Å². The molecule has 8 heteroatoms. The second kappa shape index (κ2) is 36.1. The van der Waals surface area contributed by atoms with Crippen molar-refractivity contribution in [3.05, 3.63) is 12.2 Å². The fourth-order valence-electron chi connectivity index (χ4n) is 6.50. The van der Waals surface area contributed by atoms with E-state index in [4.69, 9.17) is 14.2 Å². The zero-order chi connectivity index (χ0) is 38.5. The Bertz CT molecular complexity index is 869. The SMILES string of the molecule is CCCCCCCCCC/C=C\CCCCCCCCCCCCCC(=O)OC(COCCC(C(=O)O)[N+](C)(C)C)COC(=O)CCCCCCC. The smallest absolute Gasteiger partial charge is 0.362 e. The lowest BCUT2D eigenvalue weighted by atomic mass is 10.0. The Kier molecular flexibility index (Phi) is 34.7. The van der Waals surface area contributed by atoms with Crippen molar-refractivity contribution in [1.82, 2.24) is 0 Å². The van der Waals surface area contributed by atoms with E-state index in [9.17, 15) is 19.5 Å². The number of aliphatic carboxylic acids is 1. The fourth-order valence-corrected chi connectivity index (χ4v) is 6.50. The number of likely N-dealkylation sites (N-methyl/N-ethyl adjacent to an activating group) is 1. The second-order valence-electron chi connectivity index (χ2n) is 16.0. The molecule has 0 heterocycles. The average Bonchev–Trinajstić information content (AvgIpc) is 3.09. The summed E-state index contributed by atoms with van der Waals surface area (Å²) >= 11 is 0. The van der Waals surface area contributed by atoms with Gasteiger partial charge in [0.05, 0.1) is 34.4 Å². The van der Waals surface area contributed by atoms with E-state index >= 15 is 0 Å². The summed E-state index contributed by atoms with van der Waals surface area (Å²) in [4.78, 5) is 36.6. The Morgan fingerprint density at radius 2 is 0.962 bits per heavy atom. The van der Waals surface area contributed by atoms with Gasteiger partial charge in [-0.25, -0.2) is 4.79 Å². The van der Waals surface area contributed by atoms with Crippen LogP contribution in [0.1, 0.15) is 200 Å². The van der Waals surface area contributed by atoms with Crippen molar-refractivity contribution in [1.29, 1.82) is 0 Å². The number of hydrogen-bond acceptors (Lipinski definition) is 6. The summed E-state index contributed by atoms with van der Waals surface area (Å²) in [5.74, 6) is -1.47. The van der Waals surface area contributed by atoms with Gasteiger partial charge in [-0.1, -0.05) is 154 Å². The summed E-state index contributed by atoms with van der Waals surface area (Å²) in [6.07, 6.45) is 37.3. The van der Waals surface area contributed by atoms with Gasteiger partial charge in [0.1, 0.15) is 6.61 Å². The maximum Gasteiger partial charge on any atom is 0.362 e. The summed E-state index contributed by atoms with van der Waals surface area (Å²) in [6.45, 7) is 4.66. The van der Waals surface area contributed by atoms with E-state index in [0.29, 0.717) is 19.3 Å². The Morgan fingerprint density at radius 3 is 1.38 bits per heavy atom. The first-order chi connectivity index (χ1) is 25.1. The topological polar surface area (TPSA) is 99.1 Å². The number of esters is 2. The highest BCUT2D eigenvalue weighted by atomic mass is 16.6. The van der Waals surface area contributed by atoms with Gasteiger partial charge in [0.25, 0.3) is 0 Å². The largest absolute Gasteiger partial charge is 0.477 e. The summed E-state index contributed by atoms with van der Waals surface area (Å²) in [7, 11) is 5.52. The van der Waals surface area contributed by atoms with Gasteiger partial charge in [-0.2, -0.15) is 0 Å². The fraction of sp³-hybridized carbons (Fsp3) is 0.886. The van der Waals surface area contributed by atoms with Crippen molar-refractivity contribution in [2.24, 2.45) is 0 Å². The summed E-state index contributed by atoms with van der Waals surface area (Å²) in [5, 5.41) is 9.57. The highest BCUT2D eigenvalue weighted by molar-refractivity contribution is 5.72. The number of rotatable bonds is 39. The Balaban J connectivity index is 4.06. The van der Waals surface area contributed by atoms with Crippen molar-refractivity contribution < 1.29 is 38.2 Å². The van der Waals surface area contributed by atoms with Crippen LogP contribution < -0.4 is 0 Å². The van der Waals surface area contributed by atoms with Gasteiger partial charge in [0.2, 0.25) is 0 Å². The van der Waals surface area contributed by atoms with E-state index in [0.717, 1.165) is 44.9 Å². The summed E-state index contributed by atoms with van der Waals surface area (Å²) < 4.78 is 17.1. The highest BCUT2D eigenvalue weighted by Gasteiger charge is 2.31. The van der Waals surface area contributed by atoms with Gasteiger partial charge in [0.15, 0.2) is 12.1 Å². The van der Waals surface area contributed by atoms with Gasteiger partial charge in [-0.3, -0.25) is 9.59 Å². The summed E-state index contributed by atoms with van der Waals surface area (Å²) in [5.41, 5.74) is 0. The third-order valence-corrected chi connectivity index (χ3v) is 9.91. The molecule has 2 atom stereocenters. The number of nitrogens with zero attached hydrogens (tertiary/aromatic N) is 1. The van der Waals surface area contributed by atoms with E-state index in [1.807, 2.05) is 21.1 Å². The molecule has 0 fully saturated rings. The molecule has 0 saturated carbocycles. The molecule has 306 valence electrons. The molecule has 0 aliphatic carbocycles. The lowest BCUT2D eigenvalue weighted by Gasteiger charge is -2.31. The lowest BCUT2D eigenvalue weighted by molar-refractivity contribution is -0.887. The van der Waals surface area contributed by atoms with Crippen molar-refractivity contribution >= 4 is 17.9 Å². The number of ether oxygens (including phenoxy) is 3. The van der Waals surface area contributed by atoms with Gasteiger partial charge >= 0.3 is 17.9 Å². The molecular formula is C44H84NO7+. The second-order valence-corrected chi connectivity index (χ2v) is 16.0. The molecule has 2 unspecified atom stereocenters. The first kappa shape index (κ1) is 50.1. The highest BCUT2D eigenvalue weighted by Crippen LogP contribution is 2.15. The third kappa shape index (κ3) is 33.9. The van der Waals surface area contributed by atoms with E-state index < -0.39 is 18.1 Å². The minimum absolute atomic E-state index is 0.0479. The number of carbonyl (C=O) groups excluding carboxylic acids is 2. The maximum atomic E-state index is 12.6. The normalized spacial score (nSPS) is 13.0. The Hall–Kier alpha value is -1.93. The van der Waals surface area contributed by atoms with Gasteiger partial charge in [-0.05, 0) is 38.5 Å². The van der Waals surface area contributed by atoms with E-state index in [2.05, 4.69) is 26.0 Å². The Morgan fingerprint density at radius 1 is 0.558 bits per heavy atom. The molecule has 0 aliphatic rings. The maximum absolute atomic E-state index is 12.6. The van der Waals surface area contributed by atoms with Crippen LogP contribution in [0, 0.1) is 0 Å². The quantitative estimate of drug-likeness (QED) is 0.0290. The zero-order valence-corrected chi connectivity index (χ0v) is 34.8. The molecule has 0 rings (SSSR count). The van der Waals surface area contributed by atoms with E-state index in [1.165, 1.54) is 122 Å². The van der Waals surface area contributed by atoms with Crippen LogP contribution in [0.2, 0.25) is 0 Å². The number of unbranched alkanes of at least 4 members (excludes halogenated alkanes) is 23. The van der Waals surface area contributed by atoms with Crippen LogP contribution in [0.4, 0.5) is 0 Å². The van der Waals surface area contributed by atoms with Crippen LogP contribution in [-0.4, -0.2) is 80.6 Å². The van der Waals surface area contributed by atoms with Crippen LogP contribution in [0.3, 0.4) is 0 Å². The molecule has 0 aromatic rings. The van der Waals surface area contributed by atoms with Crippen LogP contribution in [-0.2, 0) is 28.6 Å². The van der Waals surface area contributed by atoms with Crippen molar-refractivity contribution in [2.45, 2.75) is 212 Å². The summed E-state index contributed by atoms with van der Waals surface area (Å²) in [6, 6.07) is -0.608. The first-order valence-electron chi connectivity index (χ1n) is 21.7. The van der Waals surface area contributed by atoms with Gasteiger partial charge in [0, 0.05) is 19.3 Å². The average molecular weight is 739 g/mol. The van der Waals surface area contributed by atoms with Gasteiger partial charge in [-0.15, -0.1) is 0 Å². The standard InChI is InChI=1S/C44H83NO7/c1-6-8-10-12-13-14-15-16-17-18-19-20-21-22-23-24-25-26-27-28-29-31-33-35-43(47)52-40(39-51-42(46)34-32-30-11-9-7-2)38-50-37-36-41(44(48)49)45(3,4)5/h18-19,40-41H,6-17,20-39H2,1-5H3/p+1/b19-18-.